The minimum Gasteiger partial charge on any atom is -0.207 e. The van der Waals surface area contributed by atoms with E-state index in [9.17, 15) is 21.6 Å². The van der Waals surface area contributed by atoms with Gasteiger partial charge in [-0.15, -0.1) is 0 Å². The highest BCUT2D eigenvalue weighted by Gasteiger charge is 2.34. The molecular formula is C12H13BrF3NO2S. The highest BCUT2D eigenvalue weighted by Crippen LogP contribution is 2.34. The smallest absolute Gasteiger partial charge is 0.207 e. The highest BCUT2D eigenvalue weighted by molar-refractivity contribution is 9.10. The summed E-state index contributed by atoms with van der Waals surface area (Å²) in [4.78, 5) is -0.318. The molecule has 1 aliphatic rings. The molecule has 0 spiro atoms. The summed E-state index contributed by atoms with van der Waals surface area (Å²) in [6, 6.07) is 2.77. The van der Waals surface area contributed by atoms with Crippen LogP contribution >= 0.6 is 15.9 Å². The van der Waals surface area contributed by atoms with Crippen molar-refractivity contribution in [3.63, 3.8) is 0 Å². The molecule has 1 fully saturated rings. The molecule has 3 nitrogen and oxygen atoms in total. The summed E-state index contributed by atoms with van der Waals surface area (Å²) in [5, 5.41) is 0. The summed E-state index contributed by atoms with van der Waals surface area (Å²) in [5.74, 6) is 0. The van der Waals surface area contributed by atoms with E-state index in [-0.39, 0.29) is 9.37 Å². The number of benzene rings is 1. The fourth-order valence-electron chi connectivity index (χ4n) is 2.13. The van der Waals surface area contributed by atoms with Gasteiger partial charge in [-0.1, -0.05) is 22.4 Å². The number of sulfonamides is 1. The molecule has 0 aromatic heterocycles. The predicted molar refractivity (Wildman–Crippen MR) is 71.8 cm³/mol. The predicted octanol–water partition coefficient (Wildman–Crippen LogP) is 3.64. The van der Waals surface area contributed by atoms with E-state index in [1.807, 2.05) is 0 Å². The molecule has 0 atom stereocenters. The van der Waals surface area contributed by atoms with E-state index in [0.29, 0.717) is 19.2 Å². The third-order valence-corrected chi connectivity index (χ3v) is 5.49. The summed E-state index contributed by atoms with van der Waals surface area (Å²) >= 11 is 2.94. The number of halogens is 4. The third-order valence-electron chi connectivity index (χ3n) is 3.15. The summed E-state index contributed by atoms with van der Waals surface area (Å²) in [5.41, 5.74) is -0.970. The summed E-state index contributed by atoms with van der Waals surface area (Å²) < 4.78 is 64.3. The molecule has 0 saturated carbocycles. The lowest BCUT2D eigenvalue weighted by atomic mass is 10.2. The van der Waals surface area contributed by atoms with Gasteiger partial charge in [-0.25, -0.2) is 8.42 Å². The van der Waals surface area contributed by atoms with Gasteiger partial charge < -0.3 is 0 Å². The van der Waals surface area contributed by atoms with Gasteiger partial charge in [0, 0.05) is 17.6 Å². The Morgan fingerprint density at radius 1 is 1.05 bits per heavy atom. The second-order valence-corrected chi connectivity index (χ2v) is 7.49. The number of hydrogen-bond donors (Lipinski definition) is 0. The van der Waals surface area contributed by atoms with Crippen molar-refractivity contribution in [1.29, 1.82) is 0 Å². The molecule has 0 amide bonds. The largest absolute Gasteiger partial charge is 0.416 e. The second kappa shape index (κ2) is 5.65. The second-order valence-electron chi connectivity index (χ2n) is 4.64. The van der Waals surface area contributed by atoms with Crippen LogP contribution in [0.3, 0.4) is 0 Å². The van der Waals surface area contributed by atoms with E-state index in [2.05, 4.69) is 15.9 Å². The normalized spacial score (nSPS) is 18.2. The lowest BCUT2D eigenvalue weighted by molar-refractivity contribution is -0.137. The van der Waals surface area contributed by atoms with Crippen molar-refractivity contribution in [2.45, 2.75) is 30.3 Å². The molecule has 0 bridgehead atoms. The standard InChI is InChI=1S/C12H13BrF3NO2S/c13-10-6-9(12(14,15)16)7-11(8-10)20(18,19)17-4-2-1-3-5-17/h6-8H,1-5H2. The van der Waals surface area contributed by atoms with Gasteiger partial charge in [0.25, 0.3) is 0 Å². The zero-order valence-electron chi connectivity index (χ0n) is 10.5. The van der Waals surface area contributed by atoms with Gasteiger partial charge in [0.2, 0.25) is 10.0 Å². The molecule has 112 valence electrons. The minimum absolute atomic E-state index is 0.0999. The van der Waals surface area contributed by atoms with E-state index < -0.39 is 21.8 Å². The molecule has 1 aliphatic heterocycles. The van der Waals surface area contributed by atoms with Crippen LogP contribution in [0.15, 0.2) is 27.6 Å². The number of alkyl halides is 3. The first-order valence-electron chi connectivity index (χ1n) is 6.09. The molecule has 0 unspecified atom stereocenters. The van der Waals surface area contributed by atoms with Crippen LogP contribution in [0, 0.1) is 0 Å². The average Bonchev–Trinajstić information content (AvgIpc) is 2.38. The molecule has 1 heterocycles. The maximum absolute atomic E-state index is 12.7. The molecule has 0 aliphatic carbocycles. The average molecular weight is 372 g/mol. The lowest BCUT2D eigenvalue weighted by Crippen LogP contribution is -2.35. The van der Waals surface area contributed by atoms with Crippen molar-refractivity contribution in [1.82, 2.24) is 4.31 Å². The molecule has 1 aromatic carbocycles. The van der Waals surface area contributed by atoms with Crippen molar-refractivity contribution in [2.24, 2.45) is 0 Å². The van der Waals surface area contributed by atoms with E-state index in [0.717, 1.165) is 25.3 Å². The highest BCUT2D eigenvalue weighted by atomic mass is 79.9. The van der Waals surface area contributed by atoms with Crippen molar-refractivity contribution in [2.75, 3.05) is 13.1 Å². The quantitative estimate of drug-likeness (QED) is 0.795. The molecular weight excluding hydrogens is 359 g/mol. The lowest BCUT2D eigenvalue weighted by Gasteiger charge is -2.26. The Hall–Kier alpha value is -0.600. The summed E-state index contributed by atoms with van der Waals surface area (Å²) in [6.45, 7) is 0.715. The topological polar surface area (TPSA) is 37.4 Å². The molecule has 20 heavy (non-hydrogen) atoms. The first kappa shape index (κ1) is 15.8. The Labute approximate surface area is 123 Å². The molecule has 0 radical (unpaired) electrons. The van der Waals surface area contributed by atoms with Gasteiger partial charge in [0.1, 0.15) is 0 Å². The molecule has 8 heteroatoms. The zero-order chi connectivity index (χ0) is 15.0. The molecule has 0 N–H and O–H groups in total. The van der Waals surface area contributed by atoms with Crippen molar-refractivity contribution in [3.8, 4) is 0 Å². The Kier molecular flexibility index (Phi) is 4.46. The van der Waals surface area contributed by atoms with Crippen LogP contribution in [0.1, 0.15) is 24.8 Å². The Morgan fingerprint density at radius 3 is 2.20 bits per heavy atom. The summed E-state index contributed by atoms with van der Waals surface area (Å²) in [7, 11) is -3.86. The Balaban J connectivity index is 2.43. The maximum atomic E-state index is 12.7. The van der Waals surface area contributed by atoms with Gasteiger partial charge >= 0.3 is 6.18 Å². The number of hydrogen-bond acceptors (Lipinski definition) is 2. The van der Waals surface area contributed by atoms with Gasteiger partial charge in [-0.2, -0.15) is 17.5 Å². The van der Waals surface area contributed by atoms with Gasteiger partial charge in [-0.3, -0.25) is 0 Å². The van der Waals surface area contributed by atoms with Crippen LogP contribution in [0.4, 0.5) is 13.2 Å². The number of rotatable bonds is 2. The van der Waals surface area contributed by atoms with Crippen LogP contribution in [-0.2, 0) is 16.2 Å². The maximum Gasteiger partial charge on any atom is 0.416 e. The Morgan fingerprint density at radius 2 is 1.65 bits per heavy atom. The van der Waals surface area contributed by atoms with E-state index in [4.69, 9.17) is 0 Å². The number of nitrogens with zero attached hydrogens (tertiary/aromatic N) is 1. The van der Waals surface area contributed by atoms with E-state index in [1.54, 1.807) is 0 Å². The van der Waals surface area contributed by atoms with Crippen molar-refractivity contribution >= 4 is 26.0 Å². The first-order valence-corrected chi connectivity index (χ1v) is 8.32. The monoisotopic (exact) mass is 371 g/mol. The van der Waals surface area contributed by atoms with Crippen LogP contribution in [0.25, 0.3) is 0 Å². The molecule has 1 aromatic rings. The van der Waals surface area contributed by atoms with Crippen LogP contribution in [0.5, 0.6) is 0 Å². The van der Waals surface area contributed by atoms with E-state index >= 15 is 0 Å². The molecule has 2 rings (SSSR count). The fourth-order valence-corrected chi connectivity index (χ4v) is 4.36. The van der Waals surface area contributed by atoms with Crippen molar-refractivity contribution in [3.05, 3.63) is 28.2 Å². The van der Waals surface area contributed by atoms with Crippen LogP contribution < -0.4 is 0 Å². The SMILES string of the molecule is O=S(=O)(c1cc(Br)cc(C(F)(F)F)c1)N1CCCCC1. The minimum atomic E-state index is -4.57. The van der Waals surface area contributed by atoms with Crippen LogP contribution in [-0.4, -0.2) is 25.8 Å². The number of piperidine rings is 1. The Bertz CT molecular complexity index is 595. The van der Waals surface area contributed by atoms with Gasteiger partial charge in [0.15, 0.2) is 0 Å². The van der Waals surface area contributed by atoms with E-state index in [1.165, 1.54) is 10.4 Å². The van der Waals surface area contributed by atoms with Crippen LogP contribution in [0.2, 0.25) is 0 Å². The summed E-state index contributed by atoms with van der Waals surface area (Å²) in [6.07, 6.45) is -2.16. The first-order chi connectivity index (χ1) is 9.21. The molecule has 1 saturated heterocycles. The van der Waals surface area contributed by atoms with Gasteiger partial charge in [-0.05, 0) is 31.0 Å². The van der Waals surface area contributed by atoms with Crippen molar-refractivity contribution < 1.29 is 21.6 Å². The fraction of sp³-hybridized carbons (Fsp3) is 0.500. The van der Waals surface area contributed by atoms with Gasteiger partial charge in [0.05, 0.1) is 10.5 Å². The third kappa shape index (κ3) is 3.35. The zero-order valence-corrected chi connectivity index (χ0v) is 12.9.